The normalized spacial score (nSPS) is 21.7. The van der Waals surface area contributed by atoms with Gasteiger partial charge in [-0.25, -0.2) is 10.1 Å². The summed E-state index contributed by atoms with van der Waals surface area (Å²) < 4.78 is 18.3. The second kappa shape index (κ2) is 5.92. The lowest BCUT2D eigenvalue weighted by molar-refractivity contribution is 0.0507. The molecule has 7 heteroatoms. The molecule has 2 aliphatic heterocycles. The molecule has 2 heterocycles. The minimum Gasteiger partial charge on any atom is -0.378 e. The van der Waals surface area contributed by atoms with Crippen LogP contribution in [0.4, 0.5) is 4.48 Å². The van der Waals surface area contributed by atoms with Gasteiger partial charge in [-0.2, -0.15) is 0 Å². The van der Waals surface area contributed by atoms with Crippen molar-refractivity contribution in [2.45, 2.75) is 0 Å². The van der Waals surface area contributed by atoms with E-state index < -0.39 is 0 Å². The third-order valence-corrected chi connectivity index (χ3v) is 2.87. The van der Waals surface area contributed by atoms with Gasteiger partial charge < -0.3 is 19.9 Å². The monoisotopic (exact) mass is 269 g/mol. The smallest absolute Gasteiger partial charge is 0.152 e. The van der Waals surface area contributed by atoms with Crippen LogP contribution >= 0.6 is 0 Å². The number of halogens is 1. The average molecular weight is 269 g/mol. The molecule has 1 saturated heterocycles. The van der Waals surface area contributed by atoms with E-state index in [4.69, 9.17) is 4.74 Å². The zero-order valence-electron chi connectivity index (χ0n) is 11.6. The van der Waals surface area contributed by atoms with Gasteiger partial charge in [0.15, 0.2) is 5.82 Å². The van der Waals surface area contributed by atoms with Gasteiger partial charge in [-0.05, 0) is 0 Å². The van der Waals surface area contributed by atoms with E-state index in [1.54, 1.807) is 0 Å². The lowest BCUT2D eigenvalue weighted by Gasteiger charge is -2.33. The topological polar surface area (TPSA) is 43.3 Å². The molecule has 0 aromatic carbocycles. The van der Waals surface area contributed by atoms with Crippen LogP contribution in [0, 0.1) is 0 Å². The number of ether oxygens (including phenoxy) is 1. The van der Waals surface area contributed by atoms with Crippen LogP contribution in [0.1, 0.15) is 0 Å². The van der Waals surface area contributed by atoms with Gasteiger partial charge in [0.1, 0.15) is 11.7 Å². The molecule has 0 radical (unpaired) electrons. The molecule has 2 rings (SSSR count). The molecule has 0 aromatic heterocycles. The van der Waals surface area contributed by atoms with Crippen molar-refractivity contribution in [1.82, 2.24) is 20.2 Å². The van der Waals surface area contributed by atoms with E-state index >= 15 is 0 Å². The summed E-state index contributed by atoms with van der Waals surface area (Å²) in [5.41, 5.74) is 0. The van der Waals surface area contributed by atoms with Crippen LogP contribution in [0.3, 0.4) is 0 Å². The highest BCUT2D eigenvalue weighted by Crippen LogP contribution is 2.14. The summed E-state index contributed by atoms with van der Waals surface area (Å²) in [7, 11) is 5.15. The molecule has 0 bridgehead atoms. The summed E-state index contributed by atoms with van der Waals surface area (Å²) in [6.07, 6.45) is 3.28. The number of amidine groups is 1. The highest BCUT2D eigenvalue weighted by Gasteiger charge is 2.19. The Labute approximate surface area is 112 Å². The number of hydrogen-bond acceptors (Lipinski definition) is 6. The first-order valence-corrected chi connectivity index (χ1v) is 6.24. The molecule has 0 amide bonds. The van der Waals surface area contributed by atoms with Crippen molar-refractivity contribution in [2.24, 2.45) is 4.99 Å². The van der Waals surface area contributed by atoms with E-state index in [0.29, 0.717) is 24.2 Å². The number of rotatable bonds is 2. The molecule has 0 aliphatic carbocycles. The van der Waals surface area contributed by atoms with Crippen molar-refractivity contribution < 1.29 is 9.22 Å². The van der Waals surface area contributed by atoms with Crippen LogP contribution in [-0.4, -0.2) is 68.2 Å². The molecule has 0 spiro atoms. The Morgan fingerprint density at radius 2 is 2.05 bits per heavy atom. The highest BCUT2D eigenvalue weighted by atomic mass is 19.2. The van der Waals surface area contributed by atoms with Gasteiger partial charge in [0.25, 0.3) is 0 Å². The second-order valence-corrected chi connectivity index (χ2v) is 4.66. The van der Waals surface area contributed by atoms with Gasteiger partial charge in [0.2, 0.25) is 0 Å². The first-order chi connectivity index (χ1) is 9.06. The van der Waals surface area contributed by atoms with Crippen LogP contribution in [0.15, 0.2) is 28.9 Å². The van der Waals surface area contributed by atoms with E-state index in [1.807, 2.05) is 25.1 Å². The Morgan fingerprint density at radius 3 is 2.63 bits per heavy atom. The number of aliphatic imine (C=N–C) groups is 1. The Morgan fingerprint density at radius 1 is 1.37 bits per heavy atom. The van der Waals surface area contributed by atoms with Crippen molar-refractivity contribution in [3.8, 4) is 0 Å². The van der Waals surface area contributed by atoms with Crippen molar-refractivity contribution in [3.63, 3.8) is 0 Å². The first-order valence-electron chi connectivity index (χ1n) is 6.24. The molecular weight excluding hydrogens is 249 g/mol. The van der Waals surface area contributed by atoms with Gasteiger partial charge in [-0.15, -0.1) is 4.48 Å². The van der Waals surface area contributed by atoms with Crippen LogP contribution in [0.2, 0.25) is 0 Å². The van der Waals surface area contributed by atoms with Gasteiger partial charge in [-0.3, -0.25) is 0 Å². The van der Waals surface area contributed by atoms with E-state index in [0.717, 1.165) is 24.7 Å². The largest absolute Gasteiger partial charge is 0.378 e. The van der Waals surface area contributed by atoms with Crippen molar-refractivity contribution in [1.29, 1.82) is 0 Å². The SMILES string of the molecule is CN(F)/C=C1\N=C(N(C)C)C=C(N2CCOCC2)N1. The van der Waals surface area contributed by atoms with Crippen LogP contribution in [0.5, 0.6) is 0 Å². The second-order valence-electron chi connectivity index (χ2n) is 4.66. The maximum atomic E-state index is 13.0. The summed E-state index contributed by atoms with van der Waals surface area (Å²) >= 11 is 0. The molecule has 1 N–H and O–H groups in total. The third-order valence-electron chi connectivity index (χ3n) is 2.87. The standard InChI is InChI=1S/C12H20FN5O/c1-16(2)11-8-12(18-4-6-19-7-5-18)15-10(14-11)9-17(3)13/h8-9,15H,4-7H2,1-3H3/b10-9+. The summed E-state index contributed by atoms with van der Waals surface area (Å²) in [6, 6.07) is 0. The van der Waals surface area contributed by atoms with Crippen LogP contribution < -0.4 is 5.32 Å². The fourth-order valence-electron chi connectivity index (χ4n) is 1.91. The number of morpholine rings is 1. The third kappa shape index (κ3) is 3.60. The van der Waals surface area contributed by atoms with Crippen molar-refractivity contribution >= 4 is 5.84 Å². The molecule has 0 aromatic rings. The fraction of sp³-hybridized carbons (Fsp3) is 0.583. The van der Waals surface area contributed by atoms with Crippen LogP contribution in [0.25, 0.3) is 0 Å². The number of nitrogens with one attached hydrogen (secondary N) is 1. The molecular formula is C12H20FN5O. The lowest BCUT2D eigenvalue weighted by atomic mass is 10.3. The van der Waals surface area contributed by atoms with Gasteiger partial charge in [0, 0.05) is 40.3 Å². The summed E-state index contributed by atoms with van der Waals surface area (Å²) in [6.45, 7) is 3.04. The molecule has 19 heavy (non-hydrogen) atoms. The van der Waals surface area contributed by atoms with Gasteiger partial charge in [-0.1, -0.05) is 0 Å². The highest BCUT2D eigenvalue weighted by molar-refractivity contribution is 5.94. The Hall–Kier alpha value is -1.76. The van der Waals surface area contributed by atoms with E-state index in [-0.39, 0.29) is 0 Å². The van der Waals surface area contributed by atoms with Crippen LogP contribution in [-0.2, 0) is 4.74 Å². The zero-order valence-corrected chi connectivity index (χ0v) is 11.6. The maximum absolute atomic E-state index is 13.0. The summed E-state index contributed by atoms with van der Waals surface area (Å²) in [4.78, 5) is 8.41. The Bertz CT molecular complexity index is 410. The van der Waals surface area contributed by atoms with Crippen molar-refractivity contribution in [2.75, 3.05) is 47.4 Å². The number of nitrogens with zero attached hydrogens (tertiary/aromatic N) is 4. The molecule has 1 fully saturated rings. The van der Waals surface area contributed by atoms with Crippen molar-refractivity contribution in [3.05, 3.63) is 23.9 Å². The number of hydrogen-bond donors (Lipinski definition) is 1. The lowest BCUT2D eigenvalue weighted by Crippen LogP contribution is -2.42. The van der Waals surface area contributed by atoms with Gasteiger partial charge >= 0.3 is 0 Å². The van der Waals surface area contributed by atoms with Gasteiger partial charge in [0.05, 0.1) is 19.4 Å². The molecule has 106 valence electrons. The summed E-state index contributed by atoms with van der Waals surface area (Å²) in [5, 5.41) is 3.62. The summed E-state index contributed by atoms with van der Waals surface area (Å²) in [5.74, 6) is 2.20. The molecule has 2 aliphatic rings. The predicted molar refractivity (Wildman–Crippen MR) is 71.7 cm³/mol. The minimum absolute atomic E-state index is 0.484. The fourth-order valence-corrected chi connectivity index (χ4v) is 1.91. The molecule has 0 atom stereocenters. The van der Waals surface area contributed by atoms with E-state index in [1.165, 1.54) is 13.2 Å². The van der Waals surface area contributed by atoms with E-state index in [9.17, 15) is 4.48 Å². The first kappa shape index (κ1) is 13.7. The quantitative estimate of drug-likeness (QED) is 0.732. The molecule has 0 unspecified atom stereocenters. The predicted octanol–water partition coefficient (Wildman–Crippen LogP) is 0.339. The zero-order chi connectivity index (χ0) is 13.8. The Kier molecular flexibility index (Phi) is 4.26. The average Bonchev–Trinajstić information content (AvgIpc) is 2.38. The van der Waals surface area contributed by atoms with E-state index in [2.05, 4.69) is 15.2 Å². The minimum atomic E-state index is 0.484. The molecule has 0 saturated carbocycles. The Balaban J connectivity index is 2.21. The maximum Gasteiger partial charge on any atom is 0.152 e. The number of likely N-dealkylation sites (N-methyl/N-ethyl adjacent to an activating group) is 1. The molecule has 6 nitrogen and oxygen atoms in total.